The Bertz CT molecular complexity index is 1390. The molecule has 1 amide bonds. The number of amides is 1. The van der Waals surface area contributed by atoms with Gasteiger partial charge in [-0.15, -0.1) is 0 Å². The van der Waals surface area contributed by atoms with Crippen LogP contribution in [0.25, 0.3) is 22.3 Å². The lowest BCUT2D eigenvalue weighted by molar-refractivity contribution is -0.114. The summed E-state index contributed by atoms with van der Waals surface area (Å²) in [6.07, 6.45) is 0. The molecule has 1 heterocycles. The summed E-state index contributed by atoms with van der Waals surface area (Å²) in [4.78, 5) is 16.2. The number of hydrogen-bond acceptors (Lipinski definition) is 6. The Labute approximate surface area is 197 Å². The highest BCUT2D eigenvalue weighted by molar-refractivity contribution is 5.88. The molecule has 0 atom stereocenters. The summed E-state index contributed by atoms with van der Waals surface area (Å²) >= 11 is 0. The van der Waals surface area contributed by atoms with E-state index in [0.29, 0.717) is 35.1 Å². The average molecular weight is 459 g/mol. The van der Waals surface area contributed by atoms with Gasteiger partial charge in [0.25, 0.3) is 0 Å². The third kappa shape index (κ3) is 5.04. The van der Waals surface area contributed by atoms with Crippen molar-refractivity contribution < 1.29 is 23.4 Å². The summed E-state index contributed by atoms with van der Waals surface area (Å²) in [6, 6.07) is 20.5. The van der Waals surface area contributed by atoms with Crippen molar-refractivity contribution in [3.63, 3.8) is 0 Å². The van der Waals surface area contributed by atoms with Crippen molar-refractivity contribution in [3.05, 3.63) is 72.1 Å². The van der Waals surface area contributed by atoms with E-state index < -0.39 is 0 Å². The van der Waals surface area contributed by atoms with E-state index >= 15 is 0 Å². The zero-order valence-electron chi connectivity index (χ0n) is 19.5. The van der Waals surface area contributed by atoms with Gasteiger partial charge in [-0.1, -0.05) is 0 Å². The lowest BCUT2D eigenvalue weighted by Crippen LogP contribution is -2.05. The number of ether oxygens (including phenoxy) is 3. The van der Waals surface area contributed by atoms with Crippen molar-refractivity contribution in [1.29, 1.82) is 0 Å². The number of carbonyl (C=O) groups is 1. The van der Waals surface area contributed by atoms with Crippen LogP contribution >= 0.6 is 0 Å². The molecule has 0 fully saturated rings. The zero-order valence-corrected chi connectivity index (χ0v) is 19.5. The number of anilines is 1. The predicted molar refractivity (Wildman–Crippen MR) is 132 cm³/mol. The Morgan fingerprint density at radius 2 is 1.71 bits per heavy atom. The van der Waals surface area contributed by atoms with Crippen molar-refractivity contribution in [2.24, 2.45) is 4.99 Å². The Morgan fingerprint density at radius 3 is 2.38 bits per heavy atom. The summed E-state index contributed by atoms with van der Waals surface area (Å²) in [5, 5.41) is 4.31. The molecule has 0 aliphatic rings. The number of benzene rings is 3. The fraction of sp³-hybridized carbons (Fsp3) is 0.185. The Balaban J connectivity index is 1.88. The molecule has 1 aromatic heterocycles. The molecule has 3 aromatic carbocycles. The summed E-state index contributed by atoms with van der Waals surface area (Å²) in [6.45, 7) is 3.98. The molecule has 34 heavy (non-hydrogen) atoms. The Kier molecular flexibility index (Phi) is 6.82. The average Bonchev–Trinajstić information content (AvgIpc) is 2.84. The number of carbonyl (C=O) groups excluding carboxylic acids is 1. The summed E-state index contributed by atoms with van der Waals surface area (Å²) in [5.41, 5.74) is 2.95. The van der Waals surface area contributed by atoms with Gasteiger partial charge in [0.05, 0.1) is 31.9 Å². The van der Waals surface area contributed by atoms with Crippen LogP contribution in [-0.4, -0.2) is 26.7 Å². The molecule has 7 nitrogen and oxygen atoms in total. The number of nitrogens with zero attached hydrogens (tertiary/aromatic N) is 1. The van der Waals surface area contributed by atoms with Gasteiger partial charge in [0.2, 0.25) is 5.91 Å². The van der Waals surface area contributed by atoms with Gasteiger partial charge in [-0.2, -0.15) is 0 Å². The first-order valence-electron chi connectivity index (χ1n) is 10.9. The molecule has 0 unspecified atom stereocenters. The minimum atomic E-state index is -0.122. The highest BCUT2D eigenvalue weighted by Crippen LogP contribution is 2.33. The number of hydrogen-bond donors (Lipinski definition) is 1. The van der Waals surface area contributed by atoms with Gasteiger partial charge >= 0.3 is 0 Å². The van der Waals surface area contributed by atoms with Gasteiger partial charge < -0.3 is 23.9 Å². The quantitative estimate of drug-likeness (QED) is 0.384. The Hall–Kier alpha value is -4.26. The van der Waals surface area contributed by atoms with Gasteiger partial charge in [-0.25, -0.2) is 4.99 Å². The fourth-order valence-corrected chi connectivity index (χ4v) is 3.59. The zero-order chi connectivity index (χ0) is 24.1. The lowest BCUT2D eigenvalue weighted by atomic mass is 10.1. The minimum Gasteiger partial charge on any atom is -0.494 e. The second-order valence-corrected chi connectivity index (χ2v) is 7.50. The van der Waals surface area contributed by atoms with Crippen molar-refractivity contribution in [3.8, 4) is 28.6 Å². The molecule has 7 heteroatoms. The largest absolute Gasteiger partial charge is 0.494 e. The van der Waals surface area contributed by atoms with E-state index in [-0.39, 0.29) is 5.91 Å². The predicted octanol–water partition coefficient (Wildman–Crippen LogP) is 5.71. The van der Waals surface area contributed by atoms with Crippen LogP contribution in [-0.2, 0) is 4.79 Å². The Morgan fingerprint density at radius 1 is 0.941 bits per heavy atom. The maximum absolute atomic E-state index is 11.3. The molecule has 0 radical (unpaired) electrons. The first kappa shape index (κ1) is 22.9. The van der Waals surface area contributed by atoms with Crippen molar-refractivity contribution in [1.82, 2.24) is 0 Å². The van der Waals surface area contributed by atoms with Gasteiger partial charge in [0.15, 0.2) is 11.5 Å². The van der Waals surface area contributed by atoms with Crippen LogP contribution in [0.3, 0.4) is 0 Å². The molecule has 0 aliphatic carbocycles. The number of fused-ring (bicyclic) bond motifs is 1. The van der Waals surface area contributed by atoms with E-state index in [2.05, 4.69) is 5.32 Å². The molecular weight excluding hydrogens is 432 g/mol. The van der Waals surface area contributed by atoms with Gasteiger partial charge in [0, 0.05) is 29.6 Å². The monoisotopic (exact) mass is 458 g/mol. The molecule has 4 aromatic rings. The number of methoxy groups -OCH3 is 2. The van der Waals surface area contributed by atoms with E-state index in [1.54, 1.807) is 14.2 Å². The molecule has 174 valence electrons. The molecule has 0 aliphatic heterocycles. The summed E-state index contributed by atoms with van der Waals surface area (Å²) < 4.78 is 22.7. The first-order valence-corrected chi connectivity index (χ1v) is 10.9. The summed E-state index contributed by atoms with van der Waals surface area (Å²) in [7, 11) is 3.20. The highest BCUT2D eigenvalue weighted by atomic mass is 16.5. The van der Waals surface area contributed by atoms with Crippen LogP contribution < -0.4 is 24.9 Å². The third-order valence-electron chi connectivity index (χ3n) is 5.13. The third-order valence-corrected chi connectivity index (χ3v) is 5.13. The molecule has 0 spiro atoms. The first-order chi connectivity index (χ1) is 16.5. The van der Waals surface area contributed by atoms with Crippen LogP contribution in [0.1, 0.15) is 13.8 Å². The molecule has 1 N–H and O–H groups in total. The maximum Gasteiger partial charge on any atom is 0.221 e. The van der Waals surface area contributed by atoms with Gasteiger partial charge in [0.1, 0.15) is 17.1 Å². The molecule has 0 saturated heterocycles. The minimum absolute atomic E-state index is 0.122. The topological polar surface area (TPSA) is 82.3 Å². The smallest absolute Gasteiger partial charge is 0.221 e. The fourth-order valence-electron chi connectivity index (χ4n) is 3.59. The summed E-state index contributed by atoms with van der Waals surface area (Å²) in [5.74, 6) is 2.49. The van der Waals surface area contributed by atoms with Crippen molar-refractivity contribution >= 4 is 28.3 Å². The van der Waals surface area contributed by atoms with E-state index in [0.717, 1.165) is 27.7 Å². The second-order valence-electron chi connectivity index (χ2n) is 7.50. The van der Waals surface area contributed by atoms with E-state index in [4.69, 9.17) is 23.6 Å². The number of nitrogens with one attached hydrogen (secondary N) is 1. The normalized spacial score (nSPS) is 11.4. The van der Waals surface area contributed by atoms with Crippen LogP contribution in [0, 0.1) is 0 Å². The lowest BCUT2D eigenvalue weighted by Gasteiger charge is -2.11. The SMILES string of the molecule is CCOc1ccc2oc(-c3ccc(OC)c(OC)c3)cc(=Nc3ccc(NC(C)=O)cc3)c2c1. The standard InChI is InChI=1S/C27H26N2O5/c1-5-33-21-11-13-24-22(15-21)23(29-20-9-7-19(8-10-20)28-17(2)30)16-26(34-24)18-6-12-25(31-3)27(14-18)32-4/h6-16H,5H2,1-4H3,(H,28,30). The van der Waals surface area contributed by atoms with Crippen LogP contribution in [0.2, 0.25) is 0 Å². The molecule has 0 saturated carbocycles. The molecule has 0 bridgehead atoms. The van der Waals surface area contributed by atoms with E-state index in [1.165, 1.54) is 6.92 Å². The van der Waals surface area contributed by atoms with Crippen molar-refractivity contribution in [2.75, 3.05) is 26.1 Å². The van der Waals surface area contributed by atoms with E-state index in [9.17, 15) is 4.79 Å². The maximum atomic E-state index is 11.3. The highest BCUT2D eigenvalue weighted by Gasteiger charge is 2.11. The van der Waals surface area contributed by atoms with E-state index in [1.807, 2.05) is 73.7 Å². The molecular formula is C27H26N2O5. The van der Waals surface area contributed by atoms with Gasteiger partial charge in [-0.3, -0.25) is 4.79 Å². The second kappa shape index (κ2) is 10.1. The van der Waals surface area contributed by atoms with Crippen LogP contribution in [0.15, 0.2) is 76.1 Å². The van der Waals surface area contributed by atoms with Crippen molar-refractivity contribution in [2.45, 2.75) is 13.8 Å². The molecule has 4 rings (SSSR count). The number of rotatable bonds is 7. The van der Waals surface area contributed by atoms with Crippen LogP contribution in [0.5, 0.6) is 17.2 Å². The van der Waals surface area contributed by atoms with Gasteiger partial charge in [-0.05, 0) is 67.6 Å². The van der Waals surface area contributed by atoms with Crippen LogP contribution in [0.4, 0.5) is 11.4 Å².